The molecule has 1 atom stereocenters. The molecule has 0 bridgehead atoms. The van der Waals surface area contributed by atoms with Crippen molar-refractivity contribution in [2.45, 2.75) is 52.0 Å². The summed E-state index contributed by atoms with van der Waals surface area (Å²) >= 11 is 0. The number of unbranched alkanes of at least 4 members (excludes halogenated alkanes) is 1. The molecule has 1 unspecified atom stereocenters. The lowest BCUT2D eigenvalue weighted by Gasteiger charge is -2.19. The number of carbonyl (C=O) groups excluding carboxylic acids is 1. The van der Waals surface area contributed by atoms with E-state index in [1.54, 1.807) is 0 Å². The van der Waals surface area contributed by atoms with Crippen molar-refractivity contribution in [3.63, 3.8) is 0 Å². The molecule has 0 N–H and O–H groups in total. The molecule has 0 aliphatic carbocycles. The highest BCUT2D eigenvalue weighted by Crippen LogP contribution is 2.39. The lowest BCUT2D eigenvalue weighted by molar-refractivity contribution is -0.141. The van der Waals surface area contributed by atoms with E-state index in [9.17, 15) is 4.79 Å². The van der Waals surface area contributed by atoms with Gasteiger partial charge in [-0.3, -0.25) is 4.79 Å². The van der Waals surface area contributed by atoms with Gasteiger partial charge in [0.05, 0.1) is 12.9 Å². The number of aromatic nitrogens is 2. The molecule has 5 heteroatoms. The molecule has 3 rings (SSSR count). The smallest absolute Gasteiger partial charge is 0.325 e. The minimum atomic E-state index is -0.149. The predicted octanol–water partition coefficient (Wildman–Crippen LogP) is 3.78. The summed E-state index contributed by atoms with van der Waals surface area (Å²) in [5, 5.41) is 0. The van der Waals surface area contributed by atoms with Gasteiger partial charge in [-0.1, -0.05) is 25.5 Å². The fourth-order valence-electron chi connectivity index (χ4n) is 3.70. The van der Waals surface area contributed by atoms with Crippen LogP contribution in [-0.2, 0) is 22.5 Å². The van der Waals surface area contributed by atoms with E-state index < -0.39 is 0 Å². The Labute approximate surface area is 156 Å². The number of esters is 1. The molecule has 0 amide bonds. The first kappa shape index (κ1) is 18.5. The van der Waals surface area contributed by atoms with Crippen molar-refractivity contribution in [2.75, 3.05) is 24.6 Å². The number of nitrogens with zero attached hydrogens (tertiary/aromatic N) is 3. The standard InChI is InChI=1S/C21H29N3O2/c1-3-5-6-17-7-8-20-19(13-17)18(9-11-23-12-10-22-16-23)14-24(20)15-21(25)26-4-2/h7-8,10,12-13,16,18H,3-6,9,11,14-15H2,1-2H3. The van der Waals surface area contributed by atoms with E-state index in [1.807, 2.05) is 25.6 Å². The molecule has 0 fully saturated rings. The molecule has 0 spiro atoms. The van der Waals surface area contributed by atoms with Crippen LogP contribution in [0.15, 0.2) is 36.9 Å². The highest BCUT2D eigenvalue weighted by atomic mass is 16.5. The summed E-state index contributed by atoms with van der Waals surface area (Å²) in [6, 6.07) is 6.76. The first-order valence-corrected chi connectivity index (χ1v) is 9.70. The molecule has 1 aromatic carbocycles. The molecule has 0 saturated carbocycles. The van der Waals surface area contributed by atoms with Crippen LogP contribution in [0.1, 0.15) is 50.2 Å². The minimum absolute atomic E-state index is 0.149. The van der Waals surface area contributed by atoms with Crippen molar-refractivity contribution in [3.8, 4) is 0 Å². The largest absolute Gasteiger partial charge is 0.465 e. The third kappa shape index (κ3) is 4.45. The first-order chi connectivity index (χ1) is 12.7. The fourth-order valence-corrected chi connectivity index (χ4v) is 3.70. The molecule has 0 saturated heterocycles. The number of anilines is 1. The Balaban J connectivity index is 1.76. The number of carbonyl (C=O) groups is 1. The average molecular weight is 355 g/mol. The minimum Gasteiger partial charge on any atom is -0.465 e. The fraction of sp³-hybridized carbons (Fsp3) is 0.524. The summed E-state index contributed by atoms with van der Waals surface area (Å²) in [4.78, 5) is 18.3. The van der Waals surface area contributed by atoms with Crippen LogP contribution >= 0.6 is 0 Å². The zero-order valence-electron chi connectivity index (χ0n) is 15.9. The first-order valence-electron chi connectivity index (χ1n) is 9.70. The van der Waals surface area contributed by atoms with E-state index in [-0.39, 0.29) is 5.97 Å². The highest BCUT2D eigenvalue weighted by molar-refractivity contribution is 5.77. The van der Waals surface area contributed by atoms with Gasteiger partial charge in [-0.25, -0.2) is 4.98 Å². The summed E-state index contributed by atoms with van der Waals surface area (Å²) < 4.78 is 7.28. The van der Waals surface area contributed by atoms with Gasteiger partial charge in [-0.2, -0.15) is 0 Å². The van der Waals surface area contributed by atoms with E-state index in [4.69, 9.17) is 4.74 Å². The lowest BCUT2D eigenvalue weighted by atomic mass is 9.95. The van der Waals surface area contributed by atoms with Crippen LogP contribution in [0.4, 0.5) is 5.69 Å². The van der Waals surface area contributed by atoms with Crippen molar-refractivity contribution in [2.24, 2.45) is 0 Å². The van der Waals surface area contributed by atoms with Crippen molar-refractivity contribution in [1.29, 1.82) is 0 Å². The second-order valence-corrected chi connectivity index (χ2v) is 6.97. The number of imidazole rings is 1. The van der Waals surface area contributed by atoms with Gasteiger partial charge < -0.3 is 14.2 Å². The Hall–Kier alpha value is -2.30. The number of hydrogen-bond donors (Lipinski definition) is 0. The van der Waals surface area contributed by atoms with E-state index in [2.05, 4.69) is 39.6 Å². The molecule has 5 nitrogen and oxygen atoms in total. The second kappa shape index (κ2) is 8.88. The van der Waals surface area contributed by atoms with E-state index in [0.717, 1.165) is 25.9 Å². The zero-order valence-corrected chi connectivity index (χ0v) is 15.9. The maximum atomic E-state index is 12.0. The van der Waals surface area contributed by atoms with Gasteiger partial charge in [0, 0.05) is 37.1 Å². The van der Waals surface area contributed by atoms with Crippen LogP contribution in [0.2, 0.25) is 0 Å². The summed E-state index contributed by atoms with van der Waals surface area (Å²) in [7, 11) is 0. The van der Waals surface area contributed by atoms with Crippen molar-refractivity contribution in [1.82, 2.24) is 9.55 Å². The van der Waals surface area contributed by atoms with Gasteiger partial charge >= 0.3 is 5.97 Å². The number of fused-ring (bicyclic) bond motifs is 1. The number of rotatable bonds is 9. The normalized spacial score (nSPS) is 15.9. The van der Waals surface area contributed by atoms with Crippen LogP contribution in [-0.4, -0.2) is 35.2 Å². The highest BCUT2D eigenvalue weighted by Gasteiger charge is 2.30. The van der Waals surface area contributed by atoms with Gasteiger partial charge in [0.2, 0.25) is 0 Å². The van der Waals surface area contributed by atoms with Gasteiger partial charge in [0.1, 0.15) is 6.54 Å². The lowest BCUT2D eigenvalue weighted by Crippen LogP contribution is -2.30. The molecular weight excluding hydrogens is 326 g/mol. The predicted molar refractivity (Wildman–Crippen MR) is 103 cm³/mol. The van der Waals surface area contributed by atoms with E-state index in [0.29, 0.717) is 19.1 Å². The Morgan fingerprint density at radius 2 is 2.23 bits per heavy atom. The average Bonchev–Trinajstić information content (AvgIpc) is 3.26. The topological polar surface area (TPSA) is 47.4 Å². The number of hydrogen-bond acceptors (Lipinski definition) is 4. The molecule has 1 aliphatic rings. The zero-order chi connectivity index (χ0) is 18.4. The maximum Gasteiger partial charge on any atom is 0.325 e. The van der Waals surface area contributed by atoms with Crippen LogP contribution in [0.5, 0.6) is 0 Å². The van der Waals surface area contributed by atoms with Crippen LogP contribution in [0.3, 0.4) is 0 Å². The monoisotopic (exact) mass is 355 g/mol. The molecule has 1 aromatic heterocycles. The van der Waals surface area contributed by atoms with E-state index >= 15 is 0 Å². The molecule has 0 radical (unpaired) electrons. The van der Waals surface area contributed by atoms with Gasteiger partial charge in [-0.05, 0) is 43.4 Å². The molecule has 140 valence electrons. The summed E-state index contributed by atoms with van der Waals surface area (Å²) in [6.45, 7) is 6.65. The van der Waals surface area contributed by atoms with Gasteiger partial charge in [-0.15, -0.1) is 0 Å². The number of benzene rings is 1. The number of aryl methyl sites for hydroxylation is 2. The van der Waals surface area contributed by atoms with Gasteiger partial charge in [0.25, 0.3) is 0 Å². The van der Waals surface area contributed by atoms with Gasteiger partial charge in [0.15, 0.2) is 0 Å². The third-order valence-corrected chi connectivity index (χ3v) is 5.05. The molecule has 2 aromatic rings. The SMILES string of the molecule is CCCCc1ccc2c(c1)C(CCn1ccnc1)CN2CC(=O)OCC. The van der Waals surface area contributed by atoms with Crippen LogP contribution in [0, 0.1) is 0 Å². The van der Waals surface area contributed by atoms with Crippen molar-refractivity contribution >= 4 is 11.7 Å². The number of ether oxygens (including phenoxy) is 1. The Bertz CT molecular complexity index is 712. The molecular formula is C21H29N3O2. The summed E-state index contributed by atoms with van der Waals surface area (Å²) in [5.74, 6) is 0.284. The van der Waals surface area contributed by atoms with Crippen LogP contribution < -0.4 is 4.90 Å². The third-order valence-electron chi connectivity index (χ3n) is 5.05. The molecule has 2 heterocycles. The van der Waals surface area contributed by atoms with Crippen molar-refractivity contribution < 1.29 is 9.53 Å². The Morgan fingerprint density at radius 3 is 2.96 bits per heavy atom. The van der Waals surface area contributed by atoms with Crippen molar-refractivity contribution in [3.05, 3.63) is 48.0 Å². The Kier molecular flexibility index (Phi) is 6.31. The molecule has 1 aliphatic heterocycles. The second-order valence-electron chi connectivity index (χ2n) is 6.97. The maximum absolute atomic E-state index is 12.0. The van der Waals surface area contributed by atoms with E-state index in [1.165, 1.54) is 29.7 Å². The Morgan fingerprint density at radius 1 is 1.35 bits per heavy atom. The summed E-state index contributed by atoms with van der Waals surface area (Å²) in [6.07, 6.45) is 10.3. The molecule has 26 heavy (non-hydrogen) atoms. The van der Waals surface area contributed by atoms with Crippen LogP contribution in [0.25, 0.3) is 0 Å². The quantitative estimate of drug-likeness (QED) is 0.642. The summed E-state index contributed by atoms with van der Waals surface area (Å²) in [5.41, 5.74) is 3.97.